The summed E-state index contributed by atoms with van der Waals surface area (Å²) in [7, 11) is 0. The first-order valence-corrected chi connectivity index (χ1v) is 15.5. The lowest BCUT2D eigenvalue weighted by atomic mass is 9.82. The zero-order chi connectivity index (χ0) is 31.1. The molecule has 230 valence electrons. The van der Waals surface area contributed by atoms with E-state index in [-0.39, 0.29) is 16.4 Å². The van der Waals surface area contributed by atoms with Crippen LogP contribution in [0.4, 0.5) is 10.1 Å². The second-order valence-electron chi connectivity index (χ2n) is 13.8. The molecule has 3 heterocycles. The number of hydrogen-bond donors (Lipinski definition) is 1. The highest BCUT2D eigenvalue weighted by Crippen LogP contribution is 2.45. The second-order valence-corrected chi connectivity index (χ2v) is 14.2. The van der Waals surface area contributed by atoms with E-state index in [4.69, 9.17) is 16.3 Å². The van der Waals surface area contributed by atoms with Gasteiger partial charge in [-0.25, -0.2) is 14.2 Å². The Kier molecular flexibility index (Phi) is 8.90. The van der Waals surface area contributed by atoms with Crippen LogP contribution in [0.1, 0.15) is 81.4 Å². The molecule has 1 fully saturated rings. The van der Waals surface area contributed by atoms with Crippen molar-refractivity contribution in [2.45, 2.75) is 85.6 Å². The monoisotopic (exact) mass is 607 g/mol. The summed E-state index contributed by atoms with van der Waals surface area (Å²) in [6.45, 7) is 16.1. The standard InChI is InChI=1S/C35H43ClFN3O3/c1-22-17-27(37)10-9-25(22)20-39-14-11-23-18-24(7-8-26(23)21-39)28-19-38-32(36)29(31(33(41)42)43-34(2,3)4)30(28)40-15-12-35(5,6)13-16-40/h7-10,17-19,31H,11-16,20-21H2,1-6H3,(H,41,42)/t31-/m0/s1. The molecule has 0 unspecified atom stereocenters. The number of piperidine rings is 1. The third kappa shape index (κ3) is 7.22. The van der Waals surface area contributed by atoms with Crippen molar-refractivity contribution >= 4 is 23.3 Å². The minimum Gasteiger partial charge on any atom is -0.479 e. The van der Waals surface area contributed by atoms with Crippen LogP contribution in [-0.2, 0) is 29.0 Å². The number of carbonyl (C=O) groups is 1. The fraction of sp³-hybridized carbons (Fsp3) is 0.486. The maximum atomic E-state index is 13.6. The van der Waals surface area contributed by atoms with Crippen LogP contribution < -0.4 is 4.90 Å². The minimum atomic E-state index is -1.26. The Hall–Kier alpha value is -3.00. The number of benzene rings is 2. The summed E-state index contributed by atoms with van der Waals surface area (Å²) in [6.07, 6.45) is 3.38. The van der Waals surface area contributed by atoms with E-state index >= 15 is 0 Å². The van der Waals surface area contributed by atoms with Crippen molar-refractivity contribution in [2.75, 3.05) is 24.5 Å². The molecular formula is C35H43ClFN3O3. The summed E-state index contributed by atoms with van der Waals surface area (Å²) < 4.78 is 19.7. The number of anilines is 1. The van der Waals surface area contributed by atoms with Crippen molar-refractivity contribution in [3.05, 3.63) is 81.4 Å². The van der Waals surface area contributed by atoms with Gasteiger partial charge in [-0.15, -0.1) is 0 Å². The number of aryl methyl sites for hydroxylation is 1. The predicted octanol–water partition coefficient (Wildman–Crippen LogP) is 7.98. The number of ether oxygens (including phenoxy) is 1. The molecule has 1 saturated heterocycles. The zero-order valence-electron chi connectivity index (χ0n) is 26.1. The van der Waals surface area contributed by atoms with E-state index in [2.05, 4.69) is 46.8 Å². The van der Waals surface area contributed by atoms with Crippen LogP contribution >= 0.6 is 11.6 Å². The van der Waals surface area contributed by atoms with Gasteiger partial charge in [-0.1, -0.05) is 49.7 Å². The third-order valence-electron chi connectivity index (χ3n) is 8.74. The van der Waals surface area contributed by atoms with Crippen molar-refractivity contribution < 1.29 is 19.0 Å². The van der Waals surface area contributed by atoms with Gasteiger partial charge in [0.05, 0.1) is 16.9 Å². The highest BCUT2D eigenvalue weighted by Gasteiger charge is 2.36. The van der Waals surface area contributed by atoms with Gasteiger partial charge in [-0.05, 0) is 92.3 Å². The Bertz CT molecular complexity index is 1510. The van der Waals surface area contributed by atoms with Gasteiger partial charge in [0.2, 0.25) is 0 Å². The van der Waals surface area contributed by atoms with E-state index in [1.165, 1.54) is 17.2 Å². The average molecular weight is 608 g/mol. The highest BCUT2D eigenvalue weighted by atomic mass is 35.5. The molecule has 3 aromatic rings. The number of carboxylic acids is 1. The van der Waals surface area contributed by atoms with Gasteiger partial charge >= 0.3 is 5.97 Å². The van der Waals surface area contributed by atoms with Gasteiger partial charge in [0.25, 0.3) is 0 Å². The van der Waals surface area contributed by atoms with Gasteiger partial charge in [-0.3, -0.25) is 4.90 Å². The highest BCUT2D eigenvalue weighted by molar-refractivity contribution is 6.31. The predicted molar refractivity (Wildman–Crippen MR) is 170 cm³/mol. The number of nitrogens with zero attached hydrogens (tertiary/aromatic N) is 3. The molecule has 1 aromatic heterocycles. The van der Waals surface area contributed by atoms with Crippen LogP contribution in [0, 0.1) is 18.2 Å². The number of fused-ring (bicyclic) bond motifs is 1. The van der Waals surface area contributed by atoms with Gasteiger partial charge in [0, 0.05) is 44.5 Å². The summed E-state index contributed by atoms with van der Waals surface area (Å²) in [5.74, 6) is -1.29. The summed E-state index contributed by atoms with van der Waals surface area (Å²) in [5, 5.41) is 10.5. The van der Waals surface area contributed by atoms with Crippen LogP contribution in [0.5, 0.6) is 0 Å². The molecule has 5 rings (SSSR count). The molecule has 0 bridgehead atoms. The van der Waals surface area contributed by atoms with Crippen molar-refractivity contribution in [3.8, 4) is 11.1 Å². The lowest BCUT2D eigenvalue weighted by molar-refractivity contribution is -0.160. The number of aromatic nitrogens is 1. The van der Waals surface area contributed by atoms with Crippen LogP contribution in [0.3, 0.4) is 0 Å². The molecule has 2 aliphatic heterocycles. The number of pyridine rings is 1. The molecule has 0 aliphatic carbocycles. The van der Waals surface area contributed by atoms with Crippen LogP contribution in [-0.4, -0.2) is 46.2 Å². The minimum absolute atomic E-state index is 0.157. The van der Waals surface area contributed by atoms with Gasteiger partial charge in [0.15, 0.2) is 6.10 Å². The molecule has 6 nitrogen and oxygen atoms in total. The molecule has 0 spiro atoms. The lowest BCUT2D eigenvalue weighted by Crippen LogP contribution is -2.39. The maximum absolute atomic E-state index is 13.6. The Morgan fingerprint density at radius 1 is 1.12 bits per heavy atom. The van der Waals surface area contributed by atoms with Crippen molar-refractivity contribution in [2.24, 2.45) is 5.41 Å². The Morgan fingerprint density at radius 2 is 1.84 bits per heavy atom. The molecule has 2 aliphatic rings. The maximum Gasteiger partial charge on any atom is 0.337 e. The summed E-state index contributed by atoms with van der Waals surface area (Å²) in [6, 6.07) is 11.5. The number of carboxylic acid groups (broad SMARTS) is 1. The van der Waals surface area contributed by atoms with Crippen LogP contribution in [0.25, 0.3) is 11.1 Å². The summed E-state index contributed by atoms with van der Waals surface area (Å²) >= 11 is 6.74. The Morgan fingerprint density at radius 3 is 2.49 bits per heavy atom. The summed E-state index contributed by atoms with van der Waals surface area (Å²) in [4.78, 5) is 21.8. The lowest BCUT2D eigenvalue weighted by Gasteiger charge is -2.40. The van der Waals surface area contributed by atoms with Crippen LogP contribution in [0.15, 0.2) is 42.6 Å². The van der Waals surface area contributed by atoms with Gasteiger partial charge < -0.3 is 14.7 Å². The molecule has 1 N–H and O–H groups in total. The van der Waals surface area contributed by atoms with E-state index in [0.29, 0.717) is 5.56 Å². The van der Waals surface area contributed by atoms with Crippen molar-refractivity contribution in [1.82, 2.24) is 9.88 Å². The van der Waals surface area contributed by atoms with E-state index in [1.807, 2.05) is 33.8 Å². The number of hydrogen-bond acceptors (Lipinski definition) is 5. The second kappa shape index (κ2) is 12.2. The SMILES string of the molecule is Cc1cc(F)ccc1CN1CCc2cc(-c3cnc(Cl)c([C@H](OC(C)(C)C)C(=O)O)c3N3CCC(C)(C)CC3)ccc2C1. The number of aliphatic carboxylic acids is 1. The molecule has 8 heteroatoms. The molecule has 0 amide bonds. The molecule has 0 radical (unpaired) electrons. The summed E-state index contributed by atoms with van der Waals surface area (Å²) in [5.41, 5.74) is 7.24. The molecular weight excluding hydrogens is 565 g/mol. The quantitative estimate of drug-likeness (QED) is 0.275. The van der Waals surface area contributed by atoms with Gasteiger partial charge in [0.1, 0.15) is 11.0 Å². The zero-order valence-corrected chi connectivity index (χ0v) is 26.9. The molecule has 43 heavy (non-hydrogen) atoms. The topological polar surface area (TPSA) is 65.9 Å². The smallest absolute Gasteiger partial charge is 0.337 e. The Balaban J connectivity index is 1.52. The fourth-order valence-corrected chi connectivity index (χ4v) is 6.43. The largest absolute Gasteiger partial charge is 0.479 e. The first-order chi connectivity index (χ1) is 20.2. The van der Waals surface area contributed by atoms with Crippen molar-refractivity contribution in [1.29, 1.82) is 0 Å². The Labute approximate surface area is 259 Å². The normalized spacial score (nSPS) is 17.9. The van der Waals surface area contributed by atoms with Crippen LogP contribution in [0.2, 0.25) is 5.15 Å². The van der Waals surface area contributed by atoms with E-state index < -0.39 is 17.7 Å². The fourth-order valence-electron chi connectivity index (χ4n) is 6.19. The third-order valence-corrected chi connectivity index (χ3v) is 9.04. The molecule has 0 saturated carbocycles. The first kappa shape index (κ1) is 31.4. The number of halogens is 2. The van der Waals surface area contributed by atoms with Crippen molar-refractivity contribution in [3.63, 3.8) is 0 Å². The van der Waals surface area contributed by atoms with Gasteiger partial charge in [-0.2, -0.15) is 0 Å². The number of rotatable bonds is 7. The first-order valence-electron chi connectivity index (χ1n) is 15.1. The van der Waals surface area contributed by atoms with E-state index in [0.717, 1.165) is 79.9 Å². The molecule has 1 atom stereocenters. The average Bonchev–Trinajstić information content (AvgIpc) is 2.92. The molecule has 2 aromatic carbocycles. The van der Waals surface area contributed by atoms with E-state index in [9.17, 15) is 14.3 Å². The van der Waals surface area contributed by atoms with E-state index in [1.54, 1.807) is 12.3 Å².